The lowest BCUT2D eigenvalue weighted by Crippen LogP contribution is -2.01. The zero-order valence-electron chi connectivity index (χ0n) is 13.6. The maximum atomic E-state index is 9.60. The van der Waals surface area contributed by atoms with E-state index in [4.69, 9.17) is 9.47 Å². The van der Waals surface area contributed by atoms with E-state index in [0.717, 1.165) is 16.6 Å². The summed E-state index contributed by atoms with van der Waals surface area (Å²) in [5.41, 5.74) is 1.49. The van der Waals surface area contributed by atoms with Crippen LogP contribution >= 0.6 is 0 Å². The third kappa shape index (κ3) is 3.32. The minimum atomic E-state index is 0.187. The summed E-state index contributed by atoms with van der Waals surface area (Å²) < 4.78 is 11.3. The van der Waals surface area contributed by atoms with Crippen LogP contribution < -0.4 is 14.8 Å². The van der Waals surface area contributed by atoms with Crippen molar-refractivity contribution in [1.82, 2.24) is 9.97 Å². The quantitative estimate of drug-likeness (QED) is 0.716. The average molecular weight is 325 g/mol. The van der Waals surface area contributed by atoms with Crippen molar-refractivity contribution in [3.8, 4) is 17.2 Å². The topological polar surface area (TPSA) is 76.5 Å². The Morgan fingerprint density at radius 2 is 1.75 bits per heavy atom. The lowest BCUT2D eigenvalue weighted by atomic mass is 10.2. The summed E-state index contributed by atoms with van der Waals surface area (Å²) in [6, 6.07) is 10.6. The molecule has 0 atom stereocenters. The lowest BCUT2D eigenvalue weighted by molar-refractivity contribution is 0.288. The maximum absolute atomic E-state index is 9.60. The molecule has 6 heteroatoms. The van der Waals surface area contributed by atoms with Crippen LogP contribution in [0.5, 0.6) is 17.2 Å². The van der Waals surface area contributed by atoms with Crippen LogP contribution in [0.3, 0.4) is 0 Å². The van der Waals surface area contributed by atoms with Gasteiger partial charge in [-0.1, -0.05) is 6.07 Å². The van der Waals surface area contributed by atoms with E-state index in [0.29, 0.717) is 30.5 Å². The Kier molecular flexibility index (Phi) is 4.65. The first-order valence-corrected chi connectivity index (χ1v) is 7.81. The first-order chi connectivity index (χ1) is 11.7. The summed E-state index contributed by atoms with van der Waals surface area (Å²) in [6.45, 7) is 4.93. The van der Waals surface area contributed by atoms with E-state index in [1.807, 2.05) is 32.0 Å². The highest BCUT2D eigenvalue weighted by molar-refractivity contribution is 5.93. The van der Waals surface area contributed by atoms with Crippen molar-refractivity contribution in [2.24, 2.45) is 0 Å². The predicted molar refractivity (Wildman–Crippen MR) is 93.3 cm³/mol. The Hall–Kier alpha value is -3.02. The number of aromatic nitrogens is 2. The molecule has 0 saturated heterocycles. The molecule has 0 amide bonds. The summed E-state index contributed by atoms with van der Waals surface area (Å²) >= 11 is 0. The molecule has 3 rings (SSSR count). The van der Waals surface area contributed by atoms with Crippen LogP contribution in [0, 0.1) is 0 Å². The molecule has 0 aliphatic carbocycles. The smallest absolute Gasteiger partial charge is 0.163 e. The number of ether oxygens (including phenoxy) is 2. The molecular formula is C18H19N3O3. The van der Waals surface area contributed by atoms with E-state index in [-0.39, 0.29) is 5.75 Å². The van der Waals surface area contributed by atoms with Gasteiger partial charge in [0.15, 0.2) is 11.5 Å². The molecule has 0 bridgehead atoms. The van der Waals surface area contributed by atoms with Crippen LogP contribution in [-0.2, 0) is 0 Å². The summed E-state index contributed by atoms with van der Waals surface area (Å²) in [5, 5.41) is 13.6. The number of anilines is 2. The van der Waals surface area contributed by atoms with Gasteiger partial charge >= 0.3 is 0 Å². The van der Waals surface area contributed by atoms with Crippen molar-refractivity contribution in [2.75, 3.05) is 18.5 Å². The molecule has 0 aliphatic rings. The van der Waals surface area contributed by atoms with E-state index in [9.17, 15) is 5.11 Å². The Bertz CT molecular complexity index is 852. The van der Waals surface area contributed by atoms with E-state index in [1.54, 1.807) is 18.2 Å². The number of hydrogen-bond donors (Lipinski definition) is 2. The second kappa shape index (κ2) is 7.04. The third-order valence-corrected chi connectivity index (χ3v) is 3.41. The van der Waals surface area contributed by atoms with Gasteiger partial charge in [0, 0.05) is 23.2 Å². The summed E-state index contributed by atoms with van der Waals surface area (Å²) in [6.07, 6.45) is 1.49. The number of benzene rings is 2. The van der Waals surface area contributed by atoms with E-state index < -0.39 is 0 Å². The lowest BCUT2D eigenvalue weighted by Gasteiger charge is -2.14. The zero-order chi connectivity index (χ0) is 16.9. The Balaban J connectivity index is 2.06. The van der Waals surface area contributed by atoms with Gasteiger partial charge in [-0.3, -0.25) is 0 Å². The molecule has 24 heavy (non-hydrogen) atoms. The number of hydrogen-bond acceptors (Lipinski definition) is 6. The SMILES string of the molecule is CCOc1cc2ncnc(Nc3cccc(O)c3)c2cc1OCC. The molecule has 0 aliphatic heterocycles. The Labute approximate surface area is 140 Å². The highest BCUT2D eigenvalue weighted by Gasteiger charge is 2.12. The van der Waals surface area contributed by atoms with Crippen molar-refractivity contribution < 1.29 is 14.6 Å². The van der Waals surface area contributed by atoms with E-state index in [2.05, 4.69) is 15.3 Å². The van der Waals surface area contributed by atoms with Gasteiger partial charge in [0.1, 0.15) is 17.9 Å². The third-order valence-electron chi connectivity index (χ3n) is 3.41. The fraction of sp³-hybridized carbons (Fsp3) is 0.222. The zero-order valence-corrected chi connectivity index (χ0v) is 13.6. The summed E-state index contributed by atoms with van der Waals surface area (Å²) in [7, 11) is 0. The van der Waals surface area contributed by atoms with Gasteiger partial charge in [-0.25, -0.2) is 9.97 Å². The average Bonchev–Trinajstić information content (AvgIpc) is 2.56. The summed E-state index contributed by atoms with van der Waals surface area (Å²) in [4.78, 5) is 8.62. The van der Waals surface area contributed by atoms with Gasteiger partial charge in [0.25, 0.3) is 0 Å². The van der Waals surface area contributed by atoms with Crippen LogP contribution in [-0.4, -0.2) is 28.3 Å². The van der Waals surface area contributed by atoms with Crippen molar-refractivity contribution in [2.45, 2.75) is 13.8 Å². The number of phenolic OH excluding ortho intramolecular Hbond substituents is 1. The van der Waals surface area contributed by atoms with Gasteiger partial charge in [-0.2, -0.15) is 0 Å². The molecule has 0 spiro atoms. The molecule has 2 aromatic carbocycles. The Morgan fingerprint density at radius 1 is 1.00 bits per heavy atom. The summed E-state index contributed by atoms with van der Waals surface area (Å²) in [5.74, 6) is 2.14. The Morgan fingerprint density at radius 3 is 2.46 bits per heavy atom. The number of phenols is 1. The number of rotatable bonds is 6. The molecule has 1 aromatic heterocycles. The van der Waals surface area contributed by atoms with Crippen molar-refractivity contribution in [3.05, 3.63) is 42.7 Å². The van der Waals surface area contributed by atoms with Crippen LogP contribution in [0.1, 0.15) is 13.8 Å². The first-order valence-electron chi connectivity index (χ1n) is 7.81. The molecule has 1 heterocycles. The van der Waals surface area contributed by atoms with Gasteiger partial charge < -0.3 is 19.9 Å². The molecule has 3 aromatic rings. The number of nitrogens with one attached hydrogen (secondary N) is 1. The van der Waals surface area contributed by atoms with Gasteiger partial charge in [0.2, 0.25) is 0 Å². The normalized spacial score (nSPS) is 10.6. The van der Waals surface area contributed by atoms with Gasteiger partial charge in [0.05, 0.1) is 18.7 Å². The number of nitrogens with zero attached hydrogens (tertiary/aromatic N) is 2. The molecule has 6 nitrogen and oxygen atoms in total. The standard InChI is InChI=1S/C18H19N3O3/c1-3-23-16-9-14-15(10-17(16)24-4-2)19-11-20-18(14)21-12-6-5-7-13(22)8-12/h5-11,22H,3-4H2,1-2H3,(H,19,20,21). The van der Waals surface area contributed by atoms with Crippen molar-refractivity contribution >= 4 is 22.4 Å². The van der Waals surface area contributed by atoms with Gasteiger partial charge in [-0.05, 0) is 32.0 Å². The highest BCUT2D eigenvalue weighted by atomic mass is 16.5. The molecule has 0 saturated carbocycles. The minimum absolute atomic E-state index is 0.187. The second-order valence-electron chi connectivity index (χ2n) is 5.08. The minimum Gasteiger partial charge on any atom is -0.508 e. The molecule has 124 valence electrons. The van der Waals surface area contributed by atoms with Crippen LogP contribution in [0.25, 0.3) is 10.9 Å². The highest BCUT2D eigenvalue weighted by Crippen LogP contribution is 2.35. The fourth-order valence-electron chi connectivity index (χ4n) is 2.42. The first kappa shape index (κ1) is 15.9. The number of aromatic hydroxyl groups is 1. The second-order valence-corrected chi connectivity index (χ2v) is 5.08. The van der Waals surface area contributed by atoms with E-state index >= 15 is 0 Å². The van der Waals surface area contributed by atoms with Crippen molar-refractivity contribution in [3.63, 3.8) is 0 Å². The fourth-order valence-corrected chi connectivity index (χ4v) is 2.42. The van der Waals surface area contributed by atoms with Crippen LogP contribution in [0.2, 0.25) is 0 Å². The van der Waals surface area contributed by atoms with Gasteiger partial charge in [-0.15, -0.1) is 0 Å². The predicted octanol–water partition coefficient (Wildman–Crippen LogP) is 3.88. The molecule has 0 fully saturated rings. The van der Waals surface area contributed by atoms with Crippen LogP contribution in [0.4, 0.5) is 11.5 Å². The molecule has 0 radical (unpaired) electrons. The molecule has 2 N–H and O–H groups in total. The molecular weight excluding hydrogens is 306 g/mol. The van der Waals surface area contributed by atoms with Crippen molar-refractivity contribution in [1.29, 1.82) is 0 Å². The monoisotopic (exact) mass is 325 g/mol. The van der Waals surface area contributed by atoms with Crippen LogP contribution in [0.15, 0.2) is 42.7 Å². The maximum Gasteiger partial charge on any atom is 0.163 e. The van der Waals surface area contributed by atoms with E-state index in [1.165, 1.54) is 6.33 Å². The molecule has 0 unspecified atom stereocenters. The number of fused-ring (bicyclic) bond motifs is 1. The largest absolute Gasteiger partial charge is 0.508 e.